The van der Waals surface area contributed by atoms with E-state index in [0.717, 1.165) is 25.9 Å². The Morgan fingerprint density at radius 3 is 2.48 bits per heavy atom. The minimum absolute atomic E-state index is 0.0435. The summed E-state index contributed by atoms with van der Waals surface area (Å²) in [6, 6.07) is 15.8. The summed E-state index contributed by atoms with van der Waals surface area (Å²) >= 11 is 6.18. The predicted octanol–water partition coefficient (Wildman–Crippen LogP) is 4.85. The van der Waals surface area contributed by atoms with Crippen molar-refractivity contribution in [3.05, 3.63) is 70.9 Å². The largest absolute Gasteiger partial charge is 0.350 e. The van der Waals surface area contributed by atoms with Gasteiger partial charge in [-0.1, -0.05) is 41.9 Å². The van der Waals surface area contributed by atoms with Gasteiger partial charge in [-0.3, -0.25) is 4.79 Å². The molecule has 2 aromatic carbocycles. The van der Waals surface area contributed by atoms with Gasteiger partial charge in [0.2, 0.25) is 0 Å². The lowest BCUT2D eigenvalue weighted by atomic mass is 9.89. The fourth-order valence-electron chi connectivity index (χ4n) is 3.90. The minimum Gasteiger partial charge on any atom is -0.350 e. The molecule has 2 heterocycles. The van der Waals surface area contributed by atoms with Crippen molar-refractivity contribution in [3.8, 4) is 0 Å². The average Bonchev–Trinajstić information content (AvgIpc) is 2.99. The van der Waals surface area contributed by atoms with Crippen LogP contribution in [-0.4, -0.2) is 28.5 Å². The molecule has 0 atom stereocenters. The molecule has 1 amide bonds. The van der Waals surface area contributed by atoms with Crippen LogP contribution in [0.2, 0.25) is 5.02 Å². The first-order valence-electron chi connectivity index (χ1n) is 8.73. The number of aryl methyl sites for hydroxylation is 1. The molecular formula is C21H21ClN2O. The first kappa shape index (κ1) is 16.2. The number of hydrogen-bond acceptors (Lipinski definition) is 1. The molecule has 0 radical (unpaired) electrons. The molecule has 3 nitrogen and oxygen atoms in total. The molecule has 3 aromatic rings. The van der Waals surface area contributed by atoms with Gasteiger partial charge in [0.1, 0.15) is 0 Å². The van der Waals surface area contributed by atoms with Gasteiger partial charge in [0, 0.05) is 37.2 Å². The predicted molar refractivity (Wildman–Crippen MR) is 102 cm³/mol. The van der Waals surface area contributed by atoms with Crippen LogP contribution in [0.5, 0.6) is 0 Å². The molecule has 1 aliphatic heterocycles. The monoisotopic (exact) mass is 352 g/mol. The number of hydrogen-bond donors (Lipinski definition) is 0. The van der Waals surface area contributed by atoms with Gasteiger partial charge >= 0.3 is 0 Å². The maximum atomic E-state index is 12.7. The number of rotatable bonds is 2. The van der Waals surface area contributed by atoms with Gasteiger partial charge in [0.05, 0.1) is 10.6 Å². The molecule has 1 fully saturated rings. The van der Waals surface area contributed by atoms with Crippen molar-refractivity contribution in [3.63, 3.8) is 0 Å². The van der Waals surface area contributed by atoms with E-state index in [1.807, 2.05) is 23.1 Å². The Balaban J connectivity index is 1.52. The molecule has 4 rings (SSSR count). The Labute approximate surface area is 152 Å². The maximum Gasteiger partial charge on any atom is 0.255 e. The molecule has 0 spiro atoms. The van der Waals surface area contributed by atoms with Gasteiger partial charge in [-0.15, -0.1) is 0 Å². The van der Waals surface area contributed by atoms with E-state index in [-0.39, 0.29) is 5.91 Å². The van der Waals surface area contributed by atoms with Gasteiger partial charge in [-0.25, -0.2) is 0 Å². The highest BCUT2D eigenvalue weighted by Crippen LogP contribution is 2.34. The van der Waals surface area contributed by atoms with Gasteiger partial charge in [-0.05, 0) is 42.5 Å². The standard InChI is InChI=1S/C21H21ClN2O/c1-23-14-18(16-6-3-5-9-20(16)23)15-10-12-24(13-11-15)21(25)17-7-2-4-8-19(17)22/h2-9,14-15H,10-13H2,1H3. The normalized spacial score (nSPS) is 15.7. The summed E-state index contributed by atoms with van der Waals surface area (Å²) < 4.78 is 2.20. The van der Waals surface area contributed by atoms with Crippen LogP contribution in [-0.2, 0) is 7.05 Å². The molecule has 4 heteroatoms. The van der Waals surface area contributed by atoms with E-state index in [1.165, 1.54) is 16.5 Å². The number of likely N-dealkylation sites (tertiary alicyclic amines) is 1. The van der Waals surface area contributed by atoms with Crippen molar-refractivity contribution in [2.45, 2.75) is 18.8 Å². The number of amides is 1. The minimum atomic E-state index is 0.0435. The summed E-state index contributed by atoms with van der Waals surface area (Å²) in [7, 11) is 2.10. The van der Waals surface area contributed by atoms with E-state index in [0.29, 0.717) is 16.5 Å². The molecule has 25 heavy (non-hydrogen) atoms. The number of aromatic nitrogens is 1. The SMILES string of the molecule is Cn1cc(C2CCN(C(=O)c3ccccc3Cl)CC2)c2ccccc21. The Bertz CT molecular complexity index is 923. The summed E-state index contributed by atoms with van der Waals surface area (Å²) in [5.74, 6) is 0.545. The highest BCUT2D eigenvalue weighted by molar-refractivity contribution is 6.33. The zero-order valence-corrected chi connectivity index (χ0v) is 15.0. The third-order valence-electron chi connectivity index (χ3n) is 5.25. The van der Waals surface area contributed by atoms with Crippen LogP contribution in [0.1, 0.15) is 34.7 Å². The lowest BCUT2D eigenvalue weighted by molar-refractivity contribution is 0.0713. The summed E-state index contributed by atoms with van der Waals surface area (Å²) in [6.45, 7) is 1.55. The third-order valence-corrected chi connectivity index (χ3v) is 5.58. The number of para-hydroxylation sites is 1. The Morgan fingerprint density at radius 2 is 1.72 bits per heavy atom. The Kier molecular flexibility index (Phi) is 4.26. The Morgan fingerprint density at radius 1 is 1.04 bits per heavy atom. The molecule has 0 saturated carbocycles. The zero-order valence-electron chi connectivity index (χ0n) is 14.3. The van der Waals surface area contributed by atoms with Crippen molar-refractivity contribution in [1.29, 1.82) is 0 Å². The zero-order chi connectivity index (χ0) is 17.4. The quantitative estimate of drug-likeness (QED) is 0.647. The van der Waals surface area contributed by atoms with Crippen LogP contribution in [0.25, 0.3) is 10.9 Å². The van der Waals surface area contributed by atoms with E-state index in [4.69, 9.17) is 11.6 Å². The van der Waals surface area contributed by atoms with Crippen molar-refractivity contribution >= 4 is 28.4 Å². The summed E-state index contributed by atoms with van der Waals surface area (Å²) in [5.41, 5.74) is 3.28. The first-order chi connectivity index (χ1) is 12.1. The molecule has 128 valence electrons. The van der Waals surface area contributed by atoms with Crippen LogP contribution in [0.15, 0.2) is 54.7 Å². The molecule has 1 saturated heterocycles. The highest BCUT2D eigenvalue weighted by Gasteiger charge is 2.27. The van der Waals surface area contributed by atoms with Gasteiger partial charge in [-0.2, -0.15) is 0 Å². The second-order valence-corrected chi connectivity index (χ2v) is 7.17. The number of halogens is 1. The van der Waals surface area contributed by atoms with Gasteiger partial charge in [0.25, 0.3) is 5.91 Å². The summed E-state index contributed by atoms with van der Waals surface area (Å²) in [4.78, 5) is 14.7. The fourth-order valence-corrected chi connectivity index (χ4v) is 4.11. The third kappa shape index (κ3) is 2.93. The average molecular weight is 353 g/mol. The molecule has 1 aliphatic rings. The number of nitrogens with zero attached hydrogens (tertiary/aromatic N) is 2. The summed E-state index contributed by atoms with van der Waals surface area (Å²) in [5, 5.41) is 1.87. The molecule has 0 bridgehead atoms. The van der Waals surface area contributed by atoms with E-state index in [1.54, 1.807) is 6.07 Å². The van der Waals surface area contributed by atoms with Gasteiger partial charge < -0.3 is 9.47 Å². The highest BCUT2D eigenvalue weighted by atomic mass is 35.5. The van der Waals surface area contributed by atoms with Crippen molar-refractivity contribution < 1.29 is 4.79 Å². The molecule has 0 aliphatic carbocycles. The summed E-state index contributed by atoms with van der Waals surface area (Å²) in [6.07, 6.45) is 4.23. The second kappa shape index (κ2) is 6.57. The number of carbonyl (C=O) groups is 1. The molecular weight excluding hydrogens is 332 g/mol. The van der Waals surface area contributed by atoms with Crippen LogP contribution in [0, 0.1) is 0 Å². The molecule has 0 N–H and O–H groups in total. The van der Waals surface area contributed by atoms with E-state index in [9.17, 15) is 4.79 Å². The van der Waals surface area contributed by atoms with E-state index < -0.39 is 0 Å². The lowest BCUT2D eigenvalue weighted by Crippen LogP contribution is -2.38. The maximum absolute atomic E-state index is 12.7. The topological polar surface area (TPSA) is 25.2 Å². The Hall–Kier alpha value is -2.26. The van der Waals surface area contributed by atoms with Crippen molar-refractivity contribution in [2.75, 3.05) is 13.1 Å². The number of benzene rings is 2. The van der Waals surface area contributed by atoms with Crippen molar-refractivity contribution in [1.82, 2.24) is 9.47 Å². The van der Waals surface area contributed by atoms with E-state index >= 15 is 0 Å². The first-order valence-corrected chi connectivity index (χ1v) is 9.10. The number of piperidine rings is 1. The molecule has 0 unspecified atom stereocenters. The lowest BCUT2D eigenvalue weighted by Gasteiger charge is -2.32. The second-order valence-electron chi connectivity index (χ2n) is 6.76. The van der Waals surface area contributed by atoms with Crippen molar-refractivity contribution in [2.24, 2.45) is 7.05 Å². The van der Waals surface area contributed by atoms with Crippen LogP contribution in [0.4, 0.5) is 0 Å². The number of fused-ring (bicyclic) bond motifs is 1. The fraction of sp³-hybridized carbons (Fsp3) is 0.286. The number of carbonyl (C=O) groups excluding carboxylic acids is 1. The molecule has 1 aromatic heterocycles. The smallest absolute Gasteiger partial charge is 0.255 e. The van der Waals surface area contributed by atoms with Gasteiger partial charge in [0.15, 0.2) is 0 Å². The van der Waals surface area contributed by atoms with Crippen LogP contribution < -0.4 is 0 Å². The van der Waals surface area contributed by atoms with Crippen LogP contribution in [0.3, 0.4) is 0 Å². The van der Waals surface area contributed by atoms with E-state index in [2.05, 4.69) is 42.1 Å². The van der Waals surface area contributed by atoms with Crippen LogP contribution >= 0.6 is 11.6 Å².